The van der Waals surface area contributed by atoms with Crippen molar-refractivity contribution in [2.75, 3.05) is 13.1 Å². The number of benzene rings is 2. The second-order valence-electron chi connectivity index (χ2n) is 7.68. The van der Waals surface area contributed by atoms with Crippen LogP contribution >= 0.6 is 0 Å². The molecule has 0 saturated carbocycles. The SMILES string of the molecule is O=C(CCc1c(-c2ccccc2)[nH]c2ccc(F)cc12)NCCCN1C(=O)CCC1=O. The highest BCUT2D eigenvalue weighted by molar-refractivity contribution is 6.01. The van der Waals surface area contributed by atoms with Gasteiger partial charge in [0.1, 0.15) is 5.82 Å². The van der Waals surface area contributed by atoms with Crippen LogP contribution in [0.25, 0.3) is 22.2 Å². The second-order valence-corrected chi connectivity index (χ2v) is 7.68. The normalized spacial score (nSPS) is 13.9. The van der Waals surface area contributed by atoms with Gasteiger partial charge in [0, 0.05) is 48.9 Å². The lowest BCUT2D eigenvalue weighted by Crippen LogP contribution is -2.33. The molecule has 7 heteroatoms. The molecule has 3 aromatic rings. The van der Waals surface area contributed by atoms with E-state index in [1.807, 2.05) is 30.3 Å². The average Bonchev–Trinajstić information content (AvgIpc) is 3.29. The molecule has 4 rings (SSSR count). The van der Waals surface area contributed by atoms with Crippen LogP contribution in [0, 0.1) is 5.82 Å². The zero-order valence-electron chi connectivity index (χ0n) is 17.1. The third-order valence-corrected chi connectivity index (χ3v) is 5.57. The van der Waals surface area contributed by atoms with Crippen molar-refractivity contribution in [1.29, 1.82) is 0 Å². The number of carbonyl (C=O) groups is 3. The number of aromatic nitrogens is 1. The Balaban J connectivity index is 1.39. The van der Waals surface area contributed by atoms with Crippen molar-refractivity contribution in [1.82, 2.24) is 15.2 Å². The Morgan fingerprint density at radius 1 is 1.06 bits per heavy atom. The molecule has 2 heterocycles. The highest BCUT2D eigenvalue weighted by atomic mass is 19.1. The first kappa shape index (κ1) is 20.8. The van der Waals surface area contributed by atoms with Crippen LogP contribution < -0.4 is 5.32 Å². The molecule has 0 bridgehead atoms. The van der Waals surface area contributed by atoms with E-state index in [4.69, 9.17) is 0 Å². The number of hydrogen-bond donors (Lipinski definition) is 2. The summed E-state index contributed by atoms with van der Waals surface area (Å²) < 4.78 is 13.9. The lowest BCUT2D eigenvalue weighted by atomic mass is 10.0. The third-order valence-electron chi connectivity index (χ3n) is 5.57. The second kappa shape index (κ2) is 9.12. The predicted molar refractivity (Wildman–Crippen MR) is 116 cm³/mol. The molecule has 3 amide bonds. The maximum atomic E-state index is 13.9. The summed E-state index contributed by atoms with van der Waals surface area (Å²) in [6.45, 7) is 0.724. The fourth-order valence-corrected chi connectivity index (χ4v) is 3.99. The summed E-state index contributed by atoms with van der Waals surface area (Å²) in [5.41, 5.74) is 3.61. The quantitative estimate of drug-likeness (QED) is 0.431. The number of imide groups is 1. The number of aryl methyl sites for hydroxylation is 1. The van der Waals surface area contributed by atoms with Gasteiger partial charge >= 0.3 is 0 Å². The van der Waals surface area contributed by atoms with Crippen LogP contribution in [0.2, 0.25) is 0 Å². The fraction of sp³-hybridized carbons (Fsp3) is 0.292. The average molecular weight is 421 g/mol. The van der Waals surface area contributed by atoms with Crippen molar-refractivity contribution in [2.45, 2.75) is 32.1 Å². The fourth-order valence-electron chi connectivity index (χ4n) is 3.99. The number of nitrogens with one attached hydrogen (secondary N) is 2. The Hall–Kier alpha value is -3.48. The van der Waals surface area contributed by atoms with Gasteiger partial charge in [-0.25, -0.2) is 4.39 Å². The van der Waals surface area contributed by atoms with Gasteiger partial charge in [0.05, 0.1) is 0 Å². The lowest BCUT2D eigenvalue weighted by Gasteiger charge is -2.13. The number of rotatable bonds is 8. The zero-order chi connectivity index (χ0) is 21.8. The zero-order valence-corrected chi connectivity index (χ0v) is 17.1. The molecule has 1 saturated heterocycles. The Morgan fingerprint density at radius 2 is 1.81 bits per heavy atom. The number of aromatic amines is 1. The standard InChI is InChI=1S/C24H24FN3O3/c25-17-7-9-20-19(15-17)18(24(27-20)16-5-2-1-3-6-16)8-10-21(29)26-13-4-14-28-22(30)11-12-23(28)31/h1-3,5-7,9,15,27H,4,8,10-14H2,(H,26,29). The van der Waals surface area contributed by atoms with Gasteiger partial charge in [0.15, 0.2) is 0 Å². The molecule has 1 aliphatic heterocycles. The van der Waals surface area contributed by atoms with Crippen molar-refractivity contribution < 1.29 is 18.8 Å². The Kier molecular flexibility index (Phi) is 6.11. The molecular weight excluding hydrogens is 397 g/mol. The van der Waals surface area contributed by atoms with E-state index in [-0.39, 0.29) is 42.8 Å². The number of likely N-dealkylation sites (tertiary alicyclic amines) is 1. The van der Waals surface area contributed by atoms with E-state index in [0.717, 1.165) is 27.7 Å². The minimum Gasteiger partial charge on any atom is -0.356 e. The molecule has 6 nitrogen and oxygen atoms in total. The summed E-state index contributed by atoms with van der Waals surface area (Å²) in [5, 5.41) is 3.62. The first-order valence-corrected chi connectivity index (χ1v) is 10.5. The molecule has 0 aliphatic carbocycles. The maximum absolute atomic E-state index is 13.9. The molecule has 0 unspecified atom stereocenters. The van der Waals surface area contributed by atoms with Crippen LogP contribution in [-0.4, -0.2) is 40.7 Å². The first-order chi connectivity index (χ1) is 15.0. The predicted octanol–water partition coefficient (Wildman–Crippen LogP) is 3.56. The molecule has 2 aromatic carbocycles. The largest absolute Gasteiger partial charge is 0.356 e. The molecule has 0 atom stereocenters. The summed E-state index contributed by atoms with van der Waals surface area (Å²) in [6.07, 6.45) is 1.80. The molecule has 0 spiro atoms. The monoisotopic (exact) mass is 421 g/mol. The lowest BCUT2D eigenvalue weighted by molar-refractivity contribution is -0.138. The van der Waals surface area contributed by atoms with Gasteiger partial charge in [0.25, 0.3) is 0 Å². The summed E-state index contributed by atoms with van der Waals surface area (Å²) in [7, 11) is 0. The number of hydrogen-bond acceptors (Lipinski definition) is 3. The number of nitrogens with zero attached hydrogens (tertiary/aromatic N) is 1. The Morgan fingerprint density at radius 3 is 2.55 bits per heavy atom. The summed E-state index contributed by atoms with van der Waals surface area (Å²) in [5.74, 6) is -0.723. The molecule has 0 radical (unpaired) electrons. The smallest absolute Gasteiger partial charge is 0.229 e. The van der Waals surface area contributed by atoms with Crippen LogP contribution in [0.1, 0.15) is 31.2 Å². The van der Waals surface area contributed by atoms with E-state index >= 15 is 0 Å². The van der Waals surface area contributed by atoms with Crippen molar-refractivity contribution in [2.24, 2.45) is 0 Å². The van der Waals surface area contributed by atoms with Gasteiger partial charge in [-0.1, -0.05) is 30.3 Å². The van der Waals surface area contributed by atoms with E-state index in [0.29, 0.717) is 25.9 Å². The van der Waals surface area contributed by atoms with Crippen molar-refractivity contribution in [3.05, 3.63) is 59.9 Å². The maximum Gasteiger partial charge on any atom is 0.229 e. The first-order valence-electron chi connectivity index (χ1n) is 10.5. The number of carbonyl (C=O) groups excluding carboxylic acids is 3. The summed E-state index contributed by atoms with van der Waals surface area (Å²) >= 11 is 0. The number of amides is 3. The van der Waals surface area contributed by atoms with Gasteiger partial charge < -0.3 is 10.3 Å². The van der Waals surface area contributed by atoms with Gasteiger partial charge in [-0.05, 0) is 42.2 Å². The van der Waals surface area contributed by atoms with Gasteiger partial charge in [-0.15, -0.1) is 0 Å². The van der Waals surface area contributed by atoms with Crippen LogP contribution in [0.3, 0.4) is 0 Å². The molecule has 160 valence electrons. The van der Waals surface area contributed by atoms with Gasteiger partial charge in [-0.3, -0.25) is 19.3 Å². The van der Waals surface area contributed by atoms with Crippen molar-refractivity contribution in [3.8, 4) is 11.3 Å². The Bertz CT molecular complexity index is 1110. The molecular formula is C24H24FN3O3. The van der Waals surface area contributed by atoms with E-state index in [1.165, 1.54) is 17.0 Å². The topological polar surface area (TPSA) is 82.3 Å². The minimum atomic E-state index is -0.317. The Labute approximate surface area is 179 Å². The highest BCUT2D eigenvalue weighted by Gasteiger charge is 2.27. The van der Waals surface area contributed by atoms with Crippen LogP contribution in [-0.2, 0) is 20.8 Å². The van der Waals surface area contributed by atoms with Crippen LogP contribution in [0.5, 0.6) is 0 Å². The molecule has 31 heavy (non-hydrogen) atoms. The number of H-pyrrole nitrogens is 1. The number of fused-ring (bicyclic) bond motifs is 1. The molecule has 2 N–H and O–H groups in total. The minimum absolute atomic E-state index is 0.121. The molecule has 1 aromatic heterocycles. The van der Waals surface area contributed by atoms with Crippen molar-refractivity contribution in [3.63, 3.8) is 0 Å². The van der Waals surface area contributed by atoms with Crippen LogP contribution in [0.15, 0.2) is 48.5 Å². The summed E-state index contributed by atoms with van der Waals surface area (Å²) in [4.78, 5) is 40.2. The van der Waals surface area contributed by atoms with Crippen LogP contribution in [0.4, 0.5) is 4.39 Å². The molecule has 1 aliphatic rings. The third kappa shape index (κ3) is 4.66. The highest BCUT2D eigenvalue weighted by Crippen LogP contribution is 2.31. The molecule has 1 fully saturated rings. The van der Waals surface area contributed by atoms with E-state index in [1.54, 1.807) is 6.07 Å². The van der Waals surface area contributed by atoms with Gasteiger partial charge in [0.2, 0.25) is 17.7 Å². The van der Waals surface area contributed by atoms with E-state index in [9.17, 15) is 18.8 Å². The van der Waals surface area contributed by atoms with Crippen molar-refractivity contribution >= 4 is 28.6 Å². The number of halogens is 1. The van der Waals surface area contributed by atoms with Gasteiger partial charge in [-0.2, -0.15) is 0 Å². The van der Waals surface area contributed by atoms with E-state index in [2.05, 4.69) is 10.3 Å². The van der Waals surface area contributed by atoms with E-state index < -0.39 is 0 Å². The summed E-state index contributed by atoms with van der Waals surface area (Å²) in [6, 6.07) is 14.4.